The Bertz CT molecular complexity index is 2740. The molecule has 6 rings (SSSR count). The lowest BCUT2D eigenvalue weighted by atomic mass is 10.0. The molecule has 4 aromatic carbocycles. The highest BCUT2D eigenvalue weighted by atomic mass is 32.2. The van der Waals surface area contributed by atoms with E-state index < -0.39 is 56.7 Å². The number of nitrogens with one attached hydrogen (secondary N) is 2. The maximum absolute atomic E-state index is 14.7. The van der Waals surface area contributed by atoms with Crippen molar-refractivity contribution >= 4 is 53.8 Å². The summed E-state index contributed by atoms with van der Waals surface area (Å²) in [6.45, 7) is 7.02. The van der Waals surface area contributed by atoms with Gasteiger partial charge in [-0.15, -0.1) is 0 Å². The van der Waals surface area contributed by atoms with Crippen molar-refractivity contribution in [3.05, 3.63) is 130 Å². The molecular weight excluding hydrogens is 787 g/mol. The van der Waals surface area contributed by atoms with Crippen LogP contribution < -0.4 is 9.44 Å². The smallest absolute Gasteiger partial charge is 0.333 e. The molecule has 0 amide bonds. The predicted octanol–water partition coefficient (Wildman–Crippen LogP) is 7.21. The molecule has 0 fully saturated rings. The Labute approximate surface area is 337 Å². The van der Waals surface area contributed by atoms with E-state index in [9.17, 15) is 35.2 Å². The van der Waals surface area contributed by atoms with Crippen LogP contribution in [0, 0.1) is 25.5 Å². The van der Waals surface area contributed by atoms with Crippen LogP contribution in [0.5, 0.6) is 0 Å². The average Bonchev–Trinajstić information content (AvgIpc) is 3.57. The van der Waals surface area contributed by atoms with Crippen molar-refractivity contribution in [1.82, 2.24) is 18.6 Å². The molecular formula is C43H46F2N4O7S2. The Hall–Kier alpha value is -5.22. The van der Waals surface area contributed by atoms with Crippen molar-refractivity contribution in [3.63, 3.8) is 0 Å². The van der Waals surface area contributed by atoms with Gasteiger partial charge in [-0.05, 0) is 97.5 Å². The maximum atomic E-state index is 14.7. The molecule has 0 unspecified atom stereocenters. The molecule has 0 aliphatic carbocycles. The van der Waals surface area contributed by atoms with Crippen LogP contribution in [0.2, 0.25) is 0 Å². The van der Waals surface area contributed by atoms with Crippen molar-refractivity contribution in [2.75, 3.05) is 13.1 Å². The van der Waals surface area contributed by atoms with E-state index in [1.807, 2.05) is 13.8 Å². The summed E-state index contributed by atoms with van der Waals surface area (Å²) in [6.07, 6.45) is 2.33. The van der Waals surface area contributed by atoms with Crippen molar-refractivity contribution in [2.45, 2.75) is 82.7 Å². The molecule has 0 atom stereocenters. The van der Waals surface area contributed by atoms with Gasteiger partial charge in [0.15, 0.2) is 0 Å². The highest BCUT2D eigenvalue weighted by Gasteiger charge is 2.25. The lowest BCUT2D eigenvalue weighted by Crippen LogP contribution is -2.25. The lowest BCUT2D eigenvalue weighted by Gasteiger charge is -2.13. The van der Waals surface area contributed by atoms with Gasteiger partial charge in [0.2, 0.25) is 20.0 Å². The molecule has 15 heteroatoms. The van der Waals surface area contributed by atoms with Gasteiger partial charge >= 0.3 is 11.9 Å². The number of benzene rings is 4. The number of halogens is 2. The fourth-order valence-corrected chi connectivity index (χ4v) is 10.0. The standard InChI is InChI=1S/C43H46F2N4O7S2/c1-5-7-21-47-58(54,55)41-15-11-9-13-31(41)23-35-29(4)49(39-19-17-33(45)25-37(35)39)27-43(51)56-42(50)26-48-28(3)34(36-24-32(44)16-18-38(36)48)22-30-12-8-10-14-40(30)57(52,53)46-20-6-2/h8-19,24-25,46-47H,5-7,20-23,26-27H2,1-4H3. The first kappa shape index (κ1) is 42.4. The summed E-state index contributed by atoms with van der Waals surface area (Å²) in [5.74, 6) is -2.81. The predicted molar refractivity (Wildman–Crippen MR) is 218 cm³/mol. The number of hydrogen-bond donors (Lipinski definition) is 2. The Balaban J connectivity index is 1.26. The van der Waals surface area contributed by atoms with E-state index in [1.54, 1.807) is 59.4 Å². The van der Waals surface area contributed by atoms with Gasteiger partial charge < -0.3 is 13.9 Å². The number of unbranched alkanes of at least 4 members (excludes halogenated alkanes) is 1. The van der Waals surface area contributed by atoms with Crippen molar-refractivity contribution < 1.29 is 39.9 Å². The quantitative estimate of drug-likeness (QED) is 0.0562. The van der Waals surface area contributed by atoms with Gasteiger partial charge in [-0.25, -0.2) is 44.6 Å². The number of fused-ring (bicyclic) bond motifs is 2. The van der Waals surface area contributed by atoms with Gasteiger partial charge in [-0.2, -0.15) is 0 Å². The number of nitrogens with zero attached hydrogens (tertiary/aromatic N) is 2. The number of rotatable bonds is 17. The second-order valence-electron chi connectivity index (χ2n) is 14.2. The Morgan fingerprint density at radius 1 is 0.621 bits per heavy atom. The second-order valence-corrected chi connectivity index (χ2v) is 17.7. The largest absolute Gasteiger partial charge is 0.390 e. The first-order valence-corrected chi connectivity index (χ1v) is 22.0. The van der Waals surface area contributed by atoms with Crippen molar-refractivity contribution in [3.8, 4) is 0 Å². The molecule has 0 radical (unpaired) electrons. The molecule has 0 aliphatic heterocycles. The second kappa shape index (κ2) is 17.7. The molecule has 0 aliphatic rings. The minimum atomic E-state index is -3.84. The summed E-state index contributed by atoms with van der Waals surface area (Å²) in [5, 5.41) is 0.957. The Kier molecular flexibility index (Phi) is 13.0. The summed E-state index contributed by atoms with van der Waals surface area (Å²) in [5.41, 5.74) is 4.28. The van der Waals surface area contributed by atoms with E-state index in [1.165, 1.54) is 48.5 Å². The number of sulfonamides is 2. The van der Waals surface area contributed by atoms with Crippen LogP contribution in [-0.2, 0) is 60.3 Å². The Morgan fingerprint density at radius 3 is 1.48 bits per heavy atom. The Morgan fingerprint density at radius 2 is 1.05 bits per heavy atom. The monoisotopic (exact) mass is 832 g/mol. The molecule has 6 aromatic rings. The minimum absolute atomic E-state index is 0.0949. The first-order valence-electron chi connectivity index (χ1n) is 19.1. The van der Waals surface area contributed by atoms with Gasteiger partial charge in [0.05, 0.1) is 9.79 Å². The van der Waals surface area contributed by atoms with E-state index in [0.29, 0.717) is 68.3 Å². The molecule has 0 saturated heterocycles. The minimum Gasteiger partial charge on any atom is -0.390 e. The van der Waals surface area contributed by atoms with Gasteiger partial charge in [0.1, 0.15) is 24.7 Å². The van der Waals surface area contributed by atoms with E-state index >= 15 is 0 Å². The molecule has 2 N–H and O–H groups in total. The maximum Gasteiger partial charge on any atom is 0.333 e. The molecule has 58 heavy (non-hydrogen) atoms. The van der Waals surface area contributed by atoms with Gasteiger partial charge in [0, 0.05) is 59.1 Å². The molecule has 0 bridgehead atoms. The van der Waals surface area contributed by atoms with Gasteiger partial charge in [-0.3, -0.25) is 0 Å². The van der Waals surface area contributed by atoms with Gasteiger partial charge in [-0.1, -0.05) is 56.7 Å². The van der Waals surface area contributed by atoms with E-state index in [0.717, 1.165) is 6.42 Å². The third kappa shape index (κ3) is 9.07. The summed E-state index contributed by atoms with van der Waals surface area (Å²) in [4.78, 5) is 27.1. The van der Waals surface area contributed by atoms with Crippen LogP contribution in [0.3, 0.4) is 0 Å². The zero-order valence-electron chi connectivity index (χ0n) is 32.8. The van der Waals surface area contributed by atoms with Crippen molar-refractivity contribution in [1.29, 1.82) is 0 Å². The summed E-state index contributed by atoms with van der Waals surface area (Å²) >= 11 is 0. The molecule has 0 saturated carbocycles. The molecule has 11 nitrogen and oxygen atoms in total. The van der Waals surface area contributed by atoms with Gasteiger partial charge in [0.25, 0.3) is 0 Å². The van der Waals surface area contributed by atoms with Crippen LogP contribution in [0.15, 0.2) is 94.7 Å². The topological polar surface area (TPSA) is 146 Å². The average molecular weight is 833 g/mol. The van der Waals surface area contributed by atoms with Crippen LogP contribution in [0.4, 0.5) is 8.78 Å². The first-order chi connectivity index (χ1) is 27.6. The van der Waals surface area contributed by atoms with Crippen LogP contribution in [0.1, 0.15) is 66.8 Å². The summed E-state index contributed by atoms with van der Waals surface area (Å²) in [6, 6.07) is 21.3. The third-order valence-corrected chi connectivity index (χ3v) is 13.4. The highest BCUT2D eigenvalue weighted by molar-refractivity contribution is 7.89. The molecule has 306 valence electrons. The summed E-state index contributed by atoms with van der Waals surface area (Å²) in [7, 11) is -7.68. The SMILES string of the molecule is CCCCNS(=O)(=O)c1ccccc1Cc1c(C)n(CC(=O)OC(=O)Cn2c(C)c(Cc3ccccc3S(=O)(=O)NCCC)c3cc(F)ccc32)c2ccc(F)cc12. The number of ether oxygens (including phenoxy) is 1. The van der Waals surface area contributed by atoms with Crippen LogP contribution in [0.25, 0.3) is 21.8 Å². The van der Waals surface area contributed by atoms with E-state index in [2.05, 4.69) is 9.44 Å². The number of carbonyl (C=O) groups excluding carboxylic acids is 2. The molecule has 2 aromatic heterocycles. The number of esters is 2. The third-order valence-electron chi connectivity index (χ3n) is 10.3. The van der Waals surface area contributed by atoms with E-state index in [-0.39, 0.29) is 35.7 Å². The van der Waals surface area contributed by atoms with Crippen LogP contribution in [-0.4, -0.2) is 51.0 Å². The lowest BCUT2D eigenvalue weighted by molar-refractivity contribution is -0.160. The van der Waals surface area contributed by atoms with E-state index in [4.69, 9.17) is 4.74 Å². The zero-order chi connectivity index (χ0) is 41.8. The zero-order valence-corrected chi connectivity index (χ0v) is 34.4. The number of aromatic nitrogens is 2. The molecule has 2 heterocycles. The van der Waals surface area contributed by atoms with Crippen molar-refractivity contribution in [2.24, 2.45) is 0 Å². The fraction of sp³-hybridized carbons (Fsp3) is 0.302. The highest BCUT2D eigenvalue weighted by Crippen LogP contribution is 2.33. The molecule has 0 spiro atoms. The summed E-state index contributed by atoms with van der Waals surface area (Å²) < 4.78 is 96.0. The normalized spacial score (nSPS) is 12.1. The number of carbonyl (C=O) groups is 2. The number of hydrogen-bond acceptors (Lipinski definition) is 7. The van der Waals surface area contributed by atoms with Crippen LogP contribution >= 0.6 is 0 Å². The fourth-order valence-electron chi connectivity index (χ4n) is 7.33.